The van der Waals surface area contributed by atoms with E-state index in [-0.39, 0.29) is 31.0 Å². The Labute approximate surface area is 133 Å². The Hall–Kier alpha value is -2.26. The molecule has 8 nitrogen and oxygen atoms in total. The number of carbonyl (C=O) groups excluding carboxylic acids is 1. The average Bonchev–Trinajstić information content (AvgIpc) is 2.45. The summed E-state index contributed by atoms with van der Waals surface area (Å²) in [6.07, 6.45) is 1.06. The van der Waals surface area contributed by atoms with E-state index in [0.717, 1.165) is 6.26 Å². The van der Waals surface area contributed by atoms with Crippen LogP contribution >= 0.6 is 0 Å². The molecule has 0 spiro atoms. The Bertz CT molecular complexity index is 876. The van der Waals surface area contributed by atoms with E-state index < -0.39 is 10.0 Å². The van der Waals surface area contributed by atoms with Crippen LogP contribution in [0.5, 0.6) is 0 Å². The molecule has 1 aromatic carbocycles. The lowest BCUT2D eigenvalue weighted by Gasteiger charge is -2.16. The van der Waals surface area contributed by atoms with Gasteiger partial charge in [-0.25, -0.2) is 18.1 Å². The van der Waals surface area contributed by atoms with Gasteiger partial charge in [0.1, 0.15) is 5.82 Å². The van der Waals surface area contributed by atoms with Crippen molar-refractivity contribution in [1.82, 2.24) is 19.6 Å². The van der Waals surface area contributed by atoms with Crippen LogP contribution in [0.3, 0.4) is 0 Å². The van der Waals surface area contributed by atoms with Gasteiger partial charge in [-0.2, -0.15) is 0 Å². The van der Waals surface area contributed by atoms with E-state index in [1.54, 1.807) is 31.3 Å². The van der Waals surface area contributed by atoms with Gasteiger partial charge < -0.3 is 9.88 Å². The topological polar surface area (TPSA) is 112 Å². The number of aromatic nitrogens is 2. The maximum absolute atomic E-state index is 12.0. The Balaban J connectivity index is 2.04. The molecular weight excluding hydrogens is 320 g/mol. The summed E-state index contributed by atoms with van der Waals surface area (Å²) in [4.78, 5) is 32.3. The van der Waals surface area contributed by atoms with E-state index >= 15 is 0 Å². The summed E-state index contributed by atoms with van der Waals surface area (Å²) in [5, 5.41) is 0.489. The lowest BCUT2D eigenvalue weighted by molar-refractivity contribution is -0.130. The number of nitrogens with zero attached hydrogens (tertiary/aromatic N) is 2. The molecule has 0 aliphatic heterocycles. The Morgan fingerprint density at radius 3 is 2.74 bits per heavy atom. The molecule has 2 aromatic rings. The van der Waals surface area contributed by atoms with Gasteiger partial charge >= 0.3 is 0 Å². The maximum Gasteiger partial charge on any atom is 0.258 e. The molecule has 0 saturated carbocycles. The number of aromatic amines is 1. The van der Waals surface area contributed by atoms with Crippen molar-refractivity contribution in [3.63, 3.8) is 0 Å². The van der Waals surface area contributed by atoms with Gasteiger partial charge in [-0.3, -0.25) is 9.59 Å². The van der Waals surface area contributed by atoms with Gasteiger partial charge in [-0.05, 0) is 12.1 Å². The summed E-state index contributed by atoms with van der Waals surface area (Å²) < 4.78 is 24.2. The third-order valence-corrected chi connectivity index (χ3v) is 3.91. The number of para-hydroxylation sites is 1. The third kappa shape index (κ3) is 4.86. The summed E-state index contributed by atoms with van der Waals surface area (Å²) in [6.45, 7) is 0.168. The minimum Gasteiger partial charge on any atom is -0.338 e. The van der Waals surface area contributed by atoms with Crippen molar-refractivity contribution in [2.75, 3.05) is 19.8 Å². The van der Waals surface area contributed by atoms with Crippen LogP contribution in [0.2, 0.25) is 0 Å². The van der Waals surface area contributed by atoms with Gasteiger partial charge in [0.2, 0.25) is 15.9 Å². The van der Waals surface area contributed by atoms with Crippen LogP contribution in [0.4, 0.5) is 0 Å². The molecule has 0 aliphatic rings. The SMILES string of the molecule is CN(Cc1nc2ccccc2c(=O)[nH]1)C(=O)CCNS(C)(=O)=O. The van der Waals surface area contributed by atoms with E-state index in [0.29, 0.717) is 16.7 Å². The van der Waals surface area contributed by atoms with Gasteiger partial charge in [0.05, 0.1) is 23.7 Å². The highest BCUT2D eigenvalue weighted by Crippen LogP contribution is 2.07. The van der Waals surface area contributed by atoms with Crippen molar-refractivity contribution >= 4 is 26.8 Å². The van der Waals surface area contributed by atoms with Crippen molar-refractivity contribution in [3.8, 4) is 0 Å². The first-order valence-electron chi connectivity index (χ1n) is 6.93. The molecule has 1 amide bonds. The van der Waals surface area contributed by atoms with Gasteiger partial charge in [-0.15, -0.1) is 0 Å². The highest BCUT2D eigenvalue weighted by molar-refractivity contribution is 7.88. The molecule has 124 valence electrons. The number of amides is 1. The van der Waals surface area contributed by atoms with E-state index in [9.17, 15) is 18.0 Å². The molecule has 23 heavy (non-hydrogen) atoms. The second kappa shape index (κ2) is 6.88. The molecule has 0 atom stereocenters. The van der Waals surface area contributed by atoms with Crippen molar-refractivity contribution < 1.29 is 13.2 Å². The van der Waals surface area contributed by atoms with Crippen LogP contribution in [0.1, 0.15) is 12.2 Å². The molecule has 0 aliphatic carbocycles. The molecule has 1 heterocycles. The number of sulfonamides is 1. The molecular formula is C14H18N4O4S. The molecule has 2 N–H and O–H groups in total. The van der Waals surface area contributed by atoms with Gasteiger partial charge in [0, 0.05) is 20.0 Å². The van der Waals surface area contributed by atoms with Crippen LogP contribution in [-0.2, 0) is 21.4 Å². The summed E-state index contributed by atoms with van der Waals surface area (Å²) in [6, 6.07) is 6.94. The second-order valence-electron chi connectivity index (χ2n) is 5.20. The number of benzene rings is 1. The predicted octanol–water partition coefficient (Wildman–Crippen LogP) is -0.179. The molecule has 0 fully saturated rings. The second-order valence-corrected chi connectivity index (χ2v) is 7.03. The molecule has 0 bridgehead atoms. The first-order chi connectivity index (χ1) is 10.8. The van der Waals surface area contributed by atoms with E-state index in [4.69, 9.17) is 0 Å². The number of nitrogens with one attached hydrogen (secondary N) is 2. The van der Waals surface area contributed by atoms with Crippen molar-refractivity contribution in [3.05, 3.63) is 40.4 Å². The first kappa shape index (κ1) is 17.1. The number of H-pyrrole nitrogens is 1. The summed E-state index contributed by atoms with van der Waals surface area (Å²) in [7, 11) is -1.75. The van der Waals surface area contributed by atoms with Crippen LogP contribution in [0.25, 0.3) is 10.9 Å². The minimum absolute atomic E-state index is 0.0292. The largest absolute Gasteiger partial charge is 0.338 e. The van der Waals surface area contributed by atoms with Crippen LogP contribution in [0, 0.1) is 0 Å². The normalized spacial score (nSPS) is 11.6. The van der Waals surface area contributed by atoms with Gasteiger partial charge in [-0.1, -0.05) is 12.1 Å². The summed E-state index contributed by atoms with van der Waals surface area (Å²) in [5.74, 6) is 0.123. The van der Waals surface area contributed by atoms with Crippen LogP contribution in [0.15, 0.2) is 29.1 Å². The average molecular weight is 338 g/mol. The number of carbonyl (C=O) groups is 1. The molecule has 1 aromatic heterocycles. The molecule has 0 unspecified atom stereocenters. The monoisotopic (exact) mass is 338 g/mol. The summed E-state index contributed by atoms with van der Waals surface area (Å²) in [5.41, 5.74) is 0.302. The summed E-state index contributed by atoms with van der Waals surface area (Å²) >= 11 is 0. The fourth-order valence-electron chi connectivity index (χ4n) is 2.06. The Morgan fingerprint density at radius 1 is 1.35 bits per heavy atom. The molecule has 2 rings (SSSR count). The minimum atomic E-state index is -3.31. The number of fused-ring (bicyclic) bond motifs is 1. The third-order valence-electron chi connectivity index (χ3n) is 3.18. The van der Waals surface area contributed by atoms with Crippen molar-refractivity contribution in [2.45, 2.75) is 13.0 Å². The number of hydrogen-bond acceptors (Lipinski definition) is 5. The van der Waals surface area contributed by atoms with E-state index in [1.807, 2.05) is 0 Å². The van der Waals surface area contributed by atoms with Crippen LogP contribution < -0.4 is 10.3 Å². The first-order valence-corrected chi connectivity index (χ1v) is 8.82. The van der Waals surface area contributed by atoms with Gasteiger partial charge in [0.25, 0.3) is 5.56 Å². The molecule has 0 radical (unpaired) electrons. The number of hydrogen-bond donors (Lipinski definition) is 2. The lowest BCUT2D eigenvalue weighted by Crippen LogP contribution is -2.32. The highest BCUT2D eigenvalue weighted by atomic mass is 32.2. The highest BCUT2D eigenvalue weighted by Gasteiger charge is 2.12. The standard InChI is InChI=1S/C14H18N4O4S/c1-18(13(19)7-8-15-23(2,21)22)9-12-16-11-6-4-3-5-10(11)14(20)17-12/h3-6,15H,7-9H2,1-2H3,(H,16,17,20). The van der Waals surface area contributed by atoms with E-state index in [1.165, 1.54) is 4.90 Å². The quantitative estimate of drug-likeness (QED) is 0.759. The van der Waals surface area contributed by atoms with E-state index in [2.05, 4.69) is 14.7 Å². The fourth-order valence-corrected chi connectivity index (χ4v) is 2.53. The maximum atomic E-state index is 12.0. The lowest BCUT2D eigenvalue weighted by atomic mass is 10.2. The smallest absolute Gasteiger partial charge is 0.258 e. The van der Waals surface area contributed by atoms with Crippen LogP contribution in [-0.4, -0.2) is 49.0 Å². The number of rotatable bonds is 6. The van der Waals surface area contributed by atoms with Crippen molar-refractivity contribution in [2.24, 2.45) is 0 Å². The Morgan fingerprint density at radius 2 is 2.04 bits per heavy atom. The zero-order valence-electron chi connectivity index (χ0n) is 12.9. The Kier molecular flexibility index (Phi) is 5.12. The fraction of sp³-hybridized carbons (Fsp3) is 0.357. The zero-order valence-corrected chi connectivity index (χ0v) is 13.7. The zero-order chi connectivity index (χ0) is 17.0. The molecule has 0 saturated heterocycles. The van der Waals surface area contributed by atoms with Gasteiger partial charge in [0.15, 0.2) is 0 Å². The predicted molar refractivity (Wildman–Crippen MR) is 86.3 cm³/mol. The molecule has 9 heteroatoms. The van der Waals surface area contributed by atoms with Crippen molar-refractivity contribution in [1.29, 1.82) is 0 Å².